The van der Waals surface area contributed by atoms with Crippen LogP contribution in [0.2, 0.25) is 0 Å². The first-order valence-corrected chi connectivity index (χ1v) is 10.9. The predicted octanol–water partition coefficient (Wildman–Crippen LogP) is 4.09. The fraction of sp³-hybridized carbons (Fsp3) is 0.261. The zero-order valence-corrected chi connectivity index (χ0v) is 17.7. The Balaban J connectivity index is 1.28. The van der Waals surface area contributed by atoms with Crippen LogP contribution < -0.4 is 15.1 Å². The molecular formula is C23H20N2O5S. The topological polar surface area (TPSA) is 81.9 Å². The molecule has 0 atom stereocenters. The van der Waals surface area contributed by atoms with E-state index in [1.165, 1.54) is 18.4 Å². The van der Waals surface area contributed by atoms with Gasteiger partial charge in [-0.1, -0.05) is 35.6 Å². The van der Waals surface area contributed by atoms with Crippen LogP contribution in [0.5, 0.6) is 10.9 Å². The van der Waals surface area contributed by atoms with Gasteiger partial charge in [0, 0.05) is 31.3 Å². The summed E-state index contributed by atoms with van der Waals surface area (Å²) in [4.78, 5) is 31.7. The van der Waals surface area contributed by atoms with Crippen LogP contribution in [-0.2, 0) is 0 Å². The largest absolute Gasteiger partial charge is 0.493 e. The molecule has 0 spiro atoms. The van der Waals surface area contributed by atoms with Crippen molar-refractivity contribution in [1.29, 1.82) is 0 Å². The van der Waals surface area contributed by atoms with Gasteiger partial charge in [-0.2, -0.15) is 0 Å². The number of aromatic nitrogens is 1. The number of rotatable bonds is 4. The molecule has 4 aromatic rings. The number of methoxy groups -OCH3 is 1. The van der Waals surface area contributed by atoms with Gasteiger partial charge >= 0.3 is 5.63 Å². The highest BCUT2D eigenvalue weighted by Gasteiger charge is 2.27. The molecular weight excluding hydrogens is 416 g/mol. The van der Waals surface area contributed by atoms with E-state index >= 15 is 0 Å². The molecule has 0 saturated carbocycles. The number of fused-ring (bicyclic) bond motifs is 2. The van der Waals surface area contributed by atoms with Gasteiger partial charge in [0.2, 0.25) is 0 Å². The van der Waals surface area contributed by atoms with Gasteiger partial charge in [0.15, 0.2) is 11.3 Å². The average molecular weight is 436 g/mol. The van der Waals surface area contributed by atoms with Crippen LogP contribution in [-0.4, -0.2) is 42.1 Å². The fourth-order valence-electron chi connectivity index (χ4n) is 3.82. The van der Waals surface area contributed by atoms with E-state index in [0.29, 0.717) is 47.8 Å². The third kappa shape index (κ3) is 3.74. The summed E-state index contributed by atoms with van der Waals surface area (Å²) >= 11 is 1.52. The number of carbonyl (C=O) groups is 1. The first-order chi connectivity index (χ1) is 15.1. The van der Waals surface area contributed by atoms with E-state index in [1.54, 1.807) is 29.2 Å². The molecule has 5 rings (SSSR count). The zero-order chi connectivity index (χ0) is 21.4. The molecule has 2 aromatic carbocycles. The quantitative estimate of drug-likeness (QED) is 0.448. The highest BCUT2D eigenvalue weighted by atomic mass is 32.1. The highest BCUT2D eigenvalue weighted by Crippen LogP contribution is 2.30. The van der Waals surface area contributed by atoms with Crippen LogP contribution >= 0.6 is 11.3 Å². The highest BCUT2D eigenvalue weighted by molar-refractivity contribution is 7.20. The molecule has 8 heteroatoms. The summed E-state index contributed by atoms with van der Waals surface area (Å²) in [6, 6.07) is 14.8. The SMILES string of the molecule is COc1cccc2cc(C(=O)N3CCC(Oc4nc5ccccc5s4)CC3)c(=O)oc12. The van der Waals surface area contributed by atoms with Crippen molar-refractivity contribution >= 4 is 38.4 Å². The number of ether oxygens (including phenoxy) is 2. The van der Waals surface area contributed by atoms with Crippen LogP contribution in [0.25, 0.3) is 21.2 Å². The van der Waals surface area contributed by atoms with Gasteiger partial charge < -0.3 is 18.8 Å². The lowest BCUT2D eigenvalue weighted by Crippen LogP contribution is -2.43. The van der Waals surface area contributed by atoms with Gasteiger partial charge in [-0.05, 0) is 24.3 Å². The molecule has 1 fully saturated rings. The van der Waals surface area contributed by atoms with E-state index in [4.69, 9.17) is 13.9 Å². The predicted molar refractivity (Wildman–Crippen MR) is 118 cm³/mol. The molecule has 0 bridgehead atoms. The minimum Gasteiger partial charge on any atom is -0.493 e. The van der Waals surface area contributed by atoms with Crippen LogP contribution in [0.15, 0.2) is 57.7 Å². The van der Waals surface area contributed by atoms with Crippen LogP contribution in [0, 0.1) is 0 Å². The normalized spacial score (nSPS) is 14.8. The minimum absolute atomic E-state index is 0.0121. The monoisotopic (exact) mass is 436 g/mol. The lowest BCUT2D eigenvalue weighted by molar-refractivity contribution is 0.0592. The molecule has 1 amide bonds. The second-order valence-corrected chi connectivity index (χ2v) is 8.38. The van der Waals surface area contributed by atoms with Crippen molar-refractivity contribution in [2.24, 2.45) is 0 Å². The Kier molecular flexibility index (Phi) is 5.07. The van der Waals surface area contributed by atoms with E-state index in [0.717, 1.165) is 10.2 Å². The van der Waals surface area contributed by atoms with Crippen molar-refractivity contribution in [1.82, 2.24) is 9.88 Å². The maximum atomic E-state index is 13.0. The Bertz CT molecular complexity index is 1290. The van der Waals surface area contributed by atoms with Gasteiger partial charge in [0.1, 0.15) is 11.7 Å². The minimum atomic E-state index is -0.658. The number of benzene rings is 2. The average Bonchev–Trinajstić information content (AvgIpc) is 3.20. The standard InChI is InChI=1S/C23H20N2O5S/c1-28-18-7-4-5-14-13-16(22(27)30-20(14)18)21(26)25-11-9-15(10-12-25)29-23-24-17-6-2-3-8-19(17)31-23/h2-8,13,15H,9-12H2,1H3. The number of amides is 1. The Morgan fingerprint density at radius 2 is 1.97 bits per heavy atom. The first-order valence-electron chi connectivity index (χ1n) is 10.0. The number of piperidine rings is 1. The van der Waals surface area contributed by atoms with Crippen LogP contribution in [0.4, 0.5) is 0 Å². The Hall–Kier alpha value is -3.39. The summed E-state index contributed by atoms with van der Waals surface area (Å²) in [6.07, 6.45) is 1.34. The Morgan fingerprint density at radius 3 is 2.74 bits per heavy atom. The van der Waals surface area contributed by atoms with Crippen molar-refractivity contribution in [3.63, 3.8) is 0 Å². The fourth-order valence-corrected chi connectivity index (χ4v) is 4.70. The van der Waals surface area contributed by atoms with Crippen molar-refractivity contribution in [3.8, 4) is 10.9 Å². The second-order valence-electron chi connectivity index (χ2n) is 7.38. The molecule has 2 aromatic heterocycles. The number of hydrogen-bond donors (Lipinski definition) is 0. The molecule has 0 aliphatic carbocycles. The van der Waals surface area contributed by atoms with Crippen molar-refractivity contribution in [2.45, 2.75) is 18.9 Å². The van der Waals surface area contributed by atoms with Gasteiger partial charge in [0.25, 0.3) is 11.1 Å². The molecule has 1 saturated heterocycles. The molecule has 1 aliphatic rings. The van der Waals surface area contributed by atoms with Gasteiger partial charge in [0.05, 0.1) is 17.3 Å². The third-order valence-electron chi connectivity index (χ3n) is 5.45. The van der Waals surface area contributed by atoms with Crippen molar-refractivity contribution in [3.05, 3.63) is 64.5 Å². The lowest BCUT2D eigenvalue weighted by Gasteiger charge is -2.31. The number of hydrogen-bond acceptors (Lipinski definition) is 7. The van der Waals surface area contributed by atoms with Crippen molar-refractivity contribution in [2.75, 3.05) is 20.2 Å². The van der Waals surface area contributed by atoms with Crippen LogP contribution in [0.1, 0.15) is 23.2 Å². The summed E-state index contributed by atoms with van der Waals surface area (Å²) in [6.45, 7) is 1.01. The molecule has 0 radical (unpaired) electrons. The number of para-hydroxylation sites is 2. The number of thiazole rings is 1. The molecule has 0 N–H and O–H groups in total. The summed E-state index contributed by atoms with van der Waals surface area (Å²) in [5.41, 5.74) is 0.644. The van der Waals surface area contributed by atoms with E-state index in [2.05, 4.69) is 4.98 Å². The van der Waals surface area contributed by atoms with E-state index in [1.807, 2.05) is 24.3 Å². The van der Waals surface area contributed by atoms with Crippen molar-refractivity contribution < 1.29 is 18.7 Å². The Labute approximate surface area is 181 Å². The van der Waals surface area contributed by atoms with Gasteiger partial charge in [-0.15, -0.1) is 0 Å². The van der Waals surface area contributed by atoms with E-state index in [9.17, 15) is 9.59 Å². The first kappa shape index (κ1) is 19.6. The molecule has 7 nitrogen and oxygen atoms in total. The summed E-state index contributed by atoms with van der Waals surface area (Å²) < 4.78 is 17.8. The molecule has 3 heterocycles. The molecule has 1 aliphatic heterocycles. The van der Waals surface area contributed by atoms with Gasteiger partial charge in [-0.3, -0.25) is 4.79 Å². The van der Waals surface area contributed by atoms with E-state index in [-0.39, 0.29) is 17.6 Å². The maximum absolute atomic E-state index is 13.0. The molecule has 31 heavy (non-hydrogen) atoms. The number of likely N-dealkylation sites (tertiary alicyclic amines) is 1. The summed E-state index contributed by atoms with van der Waals surface area (Å²) in [5, 5.41) is 1.30. The zero-order valence-electron chi connectivity index (χ0n) is 16.9. The number of nitrogens with zero attached hydrogens (tertiary/aromatic N) is 2. The van der Waals surface area contributed by atoms with E-state index < -0.39 is 5.63 Å². The molecule has 158 valence electrons. The summed E-state index contributed by atoms with van der Waals surface area (Å²) in [5.74, 6) is 0.137. The smallest absolute Gasteiger partial charge is 0.349 e. The lowest BCUT2D eigenvalue weighted by atomic mass is 10.1. The van der Waals surface area contributed by atoms with Crippen LogP contribution in [0.3, 0.4) is 0 Å². The Morgan fingerprint density at radius 1 is 1.16 bits per heavy atom. The van der Waals surface area contributed by atoms with Gasteiger partial charge in [-0.25, -0.2) is 9.78 Å². The second kappa shape index (κ2) is 8.03. The third-order valence-corrected chi connectivity index (χ3v) is 6.37. The summed E-state index contributed by atoms with van der Waals surface area (Å²) in [7, 11) is 1.51. The molecule has 0 unspecified atom stereocenters. The maximum Gasteiger partial charge on any atom is 0.349 e. The number of carbonyl (C=O) groups excluding carboxylic acids is 1.